The van der Waals surface area contributed by atoms with E-state index in [-0.39, 0.29) is 0 Å². The van der Waals surface area contributed by atoms with Gasteiger partial charge in [-0.05, 0) is 23.7 Å². The number of anilines is 1. The second-order valence-electron chi connectivity index (χ2n) is 1.99. The molecule has 0 aliphatic carbocycles. The Morgan fingerprint density at radius 3 is 2.90 bits per heavy atom. The van der Waals surface area contributed by atoms with E-state index in [0.29, 0.717) is 11.5 Å². The van der Waals surface area contributed by atoms with Gasteiger partial charge in [0.15, 0.2) is 0 Å². The molecule has 2 N–H and O–H groups in total. The predicted octanol–water partition coefficient (Wildman–Crippen LogP) is 1.37. The van der Waals surface area contributed by atoms with E-state index < -0.39 is 0 Å². The minimum absolute atomic E-state index is 0.342. The number of nitrogens with zero attached hydrogens (tertiary/aromatic N) is 2. The van der Waals surface area contributed by atoms with Gasteiger partial charge < -0.3 is 5.73 Å². The molecule has 0 amide bonds. The van der Waals surface area contributed by atoms with Crippen LogP contribution in [0.2, 0.25) is 0 Å². The van der Waals surface area contributed by atoms with Crippen LogP contribution in [-0.2, 0) is 0 Å². The summed E-state index contributed by atoms with van der Waals surface area (Å²) in [6, 6.07) is 1.61. The van der Waals surface area contributed by atoms with Gasteiger partial charge in [-0.2, -0.15) is 0 Å². The Bertz CT molecular complexity index is 259. The van der Waals surface area contributed by atoms with Gasteiger partial charge in [-0.15, -0.1) is 4.91 Å². The average molecular weight is 137 g/mol. The molecule has 4 nitrogen and oxygen atoms in total. The standard InChI is InChI=1S/C6H7N3O/c1-4-2-6(7)8-3-5(4)9-10/h2-3H,1H3,(H2,7,8). The number of pyridine rings is 1. The maximum atomic E-state index is 10.0. The molecule has 0 saturated heterocycles. The van der Waals surface area contributed by atoms with Gasteiger partial charge in [-0.1, -0.05) is 0 Å². The molecule has 0 aromatic carbocycles. The SMILES string of the molecule is Cc1cc(N)ncc1N=O. The molecular weight excluding hydrogens is 130 g/mol. The van der Waals surface area contributed by atoms with Crippen molar-refractivity contribution in [2.45, 2.75) is 6.92 Å². The van der Waals surface area contributed by atoms with Crippen molar-refractivity contribution in [2.75, 3.05) is 5.73 Å². The van der Waals surface area contributed by atoms with Crippen molar-refractivity contribution < 1.29 is 0 Å². The van der Waals surface area contributed by atoms with Crippen LogP contribution in [0, 0.1) is 11.8 Å². The van der Waals surface area contributed by atoms with Crippen LogP contribution in [0.1, 0.15) is 5.56 Å². The number of hydrogen-bond donors (Lipinski definition) is 1. The predicted molar refractivity (Wildman–Crippen MR) is 38.8 cm³/mol. The van der Waals surface area contributed by atoms with Crippen LogP contribution in [-0.4, -0.2) is 4.98 Å². The smallest absolute Gasteiger partial charge is 0.129 e. The van der Waals surface area contributed by atoms with Gasteiger partial charge in [0.2, 0.25) is 0 Å². The van der Waals surface area contributed by atoms with Crippen LogP contribution in [0.5, 0.6) is 0 Å². The Kier molecular flexibility index (Phi) is 1.62. The van der Waals surface area contributed by atoms with E-state index in [4.69, 9.17) is 5.73 Å². The molecule has 4 heteroatoms. The minimum Gasteiger partial charge on any atom is -0.384 e. The van der Waals surface area contributed by atoms with Crippen LogP contribution in [0.4, 0.5) is 11.5 Å². The van der Waals surface area contributed by atoms with Crippen LogP contribution < -0.4 is 5.73 Å². The van der Waals surface area contributed by atoms with Crippen LogP contribution in [0.15, 0.2) is 17.4 Å². The van der Waals surface area contributed by atoms with Gasteiger partial charge in [0.1, 0.15) is 11.5 Å². The lowest BCUT2D eigenvalue weighted by Gasteiger charge is -1.95. The van der Waals surface area contributed by atoms with Gasteiger partial charge in [0.05, 0.1) is 6.20 Å². The Labute approximate surface area is 58.1 Å². The first-order valence-electron chi connectivity index (χ1n) is 2.79. The second-order valence-corrected chi connectivity index (χ2v) is 1.99. The summed E-state index contributed by atoms with van der Waals surface area (Å²) in [4.78, 5) is 13.7. The van der Waals surface area contributed by atoms with Crippen molar-refractivity contribution in [3.63, 3.8) is 0 Å². The van der Waals surface area contributed by atoms with E-state index in [1.807, 2.05) is 0 Å². The molecule has 0 radical (unpaired) electrons. The first-order valence-corrected chi connectivity index (χ1v) is 2.79. The number of aryl methyl sites for hydroxylation is 1. The maximum absolute atomic E-state index is 10.0. The Hall–Kier alpha value is -1.45. The van der Waals surface area contributed by atoms with Crippen molar-refractivity contribution in [3.8, 4) is 0 Å². The summed E-state index contributed by atoms with van der Waals surface area (Å²) in [5.74, 6) is 0.407. The Morgan fingerprint density at radius 1 is 1.70 bits per heavy atom. The summed E-state index contributed by atoms with van der Waals surface area (Å²) in [7, 11) is 0. The zero-order chi connectivity index (χ0) is 7.56. The third-order valence-corrected chi connectivity index (χ3v) is 1.20. The molecule has 0 bridgehead atoms. The molecule has 0 atom stereocenters. The monoisotopic (exact) mass is 137 g/mol. The van der Waals surface area contributed by atoms with Crippen LogP contribution in [0.25, 0.3) is 0 Å². The number of nitroso groups, excluding NO2 is 1. The largest absolute Gasteiger partial charge is 0.384 e. The summed E-state index contributed by atoms with van der Waals surface area (Å²) in [6.45, 7) is 1.76. The zero-order valence-corrected chi connectivity index (χ0v) is 5.53. The molecule has 0 aliphatic heterocycles. The first kappa shape index (κ1) is 6.67. The highest BCUT2D eigenvalue weighted by Gasteiger charge is 1.97. The minimum atomic E-state index is 0.342. The van der Waals surface area contributed by atoms with E-state index in [1.54, 1.807) is 13.0 Å². The lowest BCUT2D eigenvalue weighted by molar-refractivity contribution is 1.26. The first-order chi connectivity index (χ1) is 4.74. The zero-order valence-electron chi connectivity index (χ0n) is 5.53. The van der Waals surface area contributed by atoms with E-state index in [0.717, 1.165) is 5.56 Å². The molecule has 0 fully saturated rings. The number of nitrogens with two attached hydrogens (primary N) is 1. The fourth-order valence-corrected chi connectivity index (χ4v) is 0.666. The summed E-state index contributed by atoms with van der Waals surface area (Å²) in [5.41, 5.74) is 6.42. The van der Waals surface area contributed by atoms with Crippen molar-refractivity contribution in [3.05, 3.63) is 22.7 Å². The molecule has 1 heterocycles. The molecule has 1 aromatic heterocycles. The highest BCUT2D eigenvalue weighted by Crippen LogP contribution is 2.17. The summed E-state index contributed by atoms with van der Waals surface area (Å²) in [6.07, 6.45) is 1.36. The highest BCUT2D eigenvalue weighted by atomic mass is 16.3. The van der Waals surface area contributed by atoms with Crippen LogP contribution >= 0.6 is 0 Å². The average Bonchev–Trinajstić information content (AvgIpc) is 1.88. The number of rotatable bonds is 1. The molecular formula is C6H7N3O. The van der Waals surface area contributed by atoms with Crippen molar-refractivity contribution in [1.82, 2.24) is 4.98 Å². The van der Waals surface area contributed by atoms with Gasteiger partial charge in [0.25, 0.3) is 0 Å². The fourth-order valence-electron chi connectivity index (χ4n) is 0.666. The number of hydrogen-bond acceptors (Lipinski definition) is 4. The Morgan fingerprint density at radius 2 is 2.40 bits per heavy atom. The maximum Gasteiger partial charge on any atom is 0.129 e. The van der Waals surface area contributed by atoms with E-state index in [2.05, 4.69) is 10.2 Å². The molecule has 0 saturated carbocycles. The normalized spacial score (nSPS) is 9.30. The third kappa shape index (κ3) is 1.10. The molecule has 10 heavy (non-hydrogen) atoms. The topological polar surface area (TPSA) is 68.3 Å². The Balaban J connectivity index is 3.19. The van der Waals surface area contributed by atoms with E-state index in [1.165, 1.54) is 6.20 Å². The van der Waals surface area contributed by atoms with Gasteiger partial charge >= 0.3 is 0 Å². The molecule has 0 spiro atoms. The van der Waals surface area contributed by atoms with Gasteiger partial charge in [-0.25, -0.2) is 4.98 Å². The lowest BCUT2D eigenvalue weighted by Crippen LogP contribution is -1.89. The number of aromatic nitrogens is 1. The summed E-state index contributed by atoms with van der Waals surface area (Å²) < 4.78 is 0. The second kappa shape index (κ2) is 2.43. The van der Waals surface area contributed by atoms with E-state index >= 15 is 0 Å². The molecule has 1 aromatic rings. The van der Waals surface area contributed by atoms with Crippen molar-refractivity contribution in [2.24, 2.45) is 5.18 Å². The molecule has 0 aliphatic rings. The highest BCUT2D eigenvalue weighted by molar-refractivity contribution is 5.48. The van der Waals surface area contributed by atoms with Crippen molar-refractivity contribution in [1.29, 1.82) is 0 Å². The van der Waals surface area contributed by atoms with Crippen molar-refractivity contribution >= 4 is 11.5 Å². The third-order valence-electron chi connectivity index (χ3n) is 1.20. The van der Waals surface area contributed by atoms with E-state index in [9.17, 15) is 4.91 Å². The lowest BCUT2D eigenvalue weighted by atomic mass is 10.2. The summed E-state index contributed by atoms with van der Waals surface area (Å²) in [5, 5.41) is 2.74. The number of nitrogen functional groups attached to an aromatic ring is 1. The molecule has 0 unspecified atom stereocenters. The molecule has 52 valence electrons. The summed E-state index contributed by atoms with van der Waals surface area (Å²) >= 11 is 0. The van der Waals surface area contributed by atoms with Crippen LogP contribution in [0.3, 0.4) is 0 Å². The van der Waals surface area contributed by atoms with Gasteiger partial charge in [-0.3, -0.25) is 0 Å². The van der Waals surface area contributed by atoms with Gasteiger partial charge in [0, 0.05) is 0 Å². The quantitative estimate of drug-likeness (QED) is 0.594. The fraction of sp³-hybridized carbons (Fsp3) is 0.167. The molecule has 1 rings (SSSR count).